The number of carboxylic acids is 1. The number of carbonyl (C=O) groups is 2. The molecule has 1 heterocycles. The molecule has 1 aromatic heterocycles. The van der Waals surface area contributed by atoms with Gasteiger partial charge in [-0.3, -0.25) is 14.7 Å². The minimum Gasteiger partial charge on any atom is -0.481 e. The average molecular weight is 253 g/mol. The van der Waals surface area contributed by atoms with Crippen molar-refractivity contribution in [1.29, 1.82) is 0 Å². The van der Waals surface area contributed by atoms with Gasteiger partial charge >= 0.3 is 5.97 Å². The Hall–Kier alpha value is -1.85. The van der Waals surface area contributed by atoms with E-state index in [0.29, 0.717) is 17.1 Å². The van der Waals surface area contributed by atoms with E-state index in [4.69, 9.17) is 5.11 Å². The molecule has 6 nitrogen and oxygen atoms in total. The number of anilines is 1. The minimum absolute atomic E-state index is 0.525. The van der Waals surface area contributed by atoms with E-state index in [0.717, 1.165) is 0 Å². The van der Waals surface area contributed by atoms with E-state index in [1.165, 1.54) is 0 Å². The number of aryl methyl sites for hydroxylation is 2. The van der Waals surface area contributed by atoms with Gasteiger partial charge in [-0.05, 0) is 19.3 Å². The lowest BCUT2D eigenvalue weighted by atomic mass is 9.80. The van der Waals surface area contributed by atoms with Crippen molar-refractivity contribution in [2.24, 2.45) is 11.3 Å². The van der Waals surface area contributed by atoms with Crippen LogP contribution in [0.4, 0.5) is 5.69 Å². The van der Waals surface area contributed by atoms with Crippen LogP contribution in [0.5, 0.6) is 0 Å². The summed E-state index contributed by atoms with van der Waals surface area (Å²) in [6.45, 7) is 8.68. The third-order valence-electron chi connectivity index (χ3n) is 2.75. The maximum absolute atomic E-state index is 12.1. The molecule has 0 radical (unpaired) electrons. The van der Waals surface area contributed by atoms with Gasteiger partial charge in [0.05, 0.1) is 17.1 Å². The Morgan fingerprint density at radius 1 is 1.33 bits per heavy atom. The van der Waals surface area contributed by atoms with E-state index in [9.17, 15) is 9.59 Å². The normalized spacial score (nSPS) is 13.2. The number of nitrogens with one attached hydrogen (secondary N) is 2. The molecule has 1 amide bonds. The zero-order valence-electron chi connectivity index (χ0n) is 11.3. The molecule has 1 unspecified atom stereocenters. The largest absolute Gasteiger partial charge is 0.481 e. The Morgan fingerprint density at radius 2 is 1.89 bits per heavy atom. The van der Waals surface area contributed by atoms with Gasteiger partial charge in [0.2, 0.25) is 5.91 Å². The van der Waals surface area contributed by atoms with E-state index >= 15 is 0 Å². The molecule has 0 aliphatic carbocycles. The number of aromatic nitrogens is 2. The molecule has 0 saturated carbocycles. The molecule has 0 spiro atoms. The number of carboxylic acid groups (broad SMARTS) is 1. The Kier molecular flexibility index (Phi) is 3.79. The summed E-state index contributed by atoms with van der Waals surface area (Å²) in [7, 11) is 0. The number of H-pyrrole nitrogens is 1. The zero-order valence-corrected chi connectivity index (χ0v) is 11.3. The number of hydrogen-bond donors (Lipinski definition) is 3. The number of amides is 1. The Bertz CT molecular complexity index is 452. The predicted octanol–water partition coefficient (Wildman–Crippen LogP) is 1.71. The van der Waals surface area contributed by atoms with Crippen LogP contribution >= 0.6 is 0 Å². The molecule has 0 fully saturated rings. The topological polar surface area (TPSA) is 95.1 Å². The Balaban J connectivity index is 2.97. The van der Waals surface area contributed by atoms with Crippen molar-refractivity contribution in [3.8, 4) is 0 Å². The van der Waals surface area contributed by atoms with Crippen molar-refractivity contribution in [2.45, 2.75) is 34.6 Å². The van der Waals surface area contributed by atoms with Gasteiger partial charge < -0.3 is 10.4 Å². The van der Waals surface area contributed by atoms with Crippen LogP contribution in [0.15, 0.2) is 0 Å². The monoisotopic (exact) mass is 253 g/mol. The quantitative estimate of drug-likeness (QED) is 0.715. The van der Waals surface area contributed by atoms with Crippen LogP contribution < -0.4 is 5.32 Å². The van der Waals surface area contributed by atoms with Crippen LogP contribution in [0.3, 0.4) is 0 Å². The zero-order chi connectivity index (χ0) is 14.1. The molecule has 100 valence electrons. The van der Waals surface area contributed by atoms with Crippen molar-refractivity contribution in [1.82, 2.24) is 10.2 Å². The van der Waals surface area contributed by atoms with Gasteiger partial charge in [0, 0.05) is 0 Å². The van der Waals surface area contributed by atoms with Gasteiger partial charge in [0.25, 0.3) is 0 Å². The van der Waals surface area contributed by atoms with E-state index in [-0.39, 0.29) is 0 Å². The molecule has 0 aliphatic rings. The lowest BCUT2D eigenvalue weighted by molar-refractivity contribution is -0.149. The van der Waals surface area contributed by atoms with Crippen LogP contribution in [0.25, 0.3) is 0 Å². The van der Waals surface area contributed by atoms with Crippen LogP contribution in [-0.2, 0) is 9.59 Å². The minimum atomic E-state index is -1.13. The van der Waals surface area contributed by atoms with Crippen molar-refractivity contribution in [3.05, 3.63) is 11.4 Å². The lowest BCUT2D eigenvalue weighted by Crippen LogP contribution is -2.39. The molecule has 0 aliphatic heterocycles. The first-order valence-corrected chi connectivity index (χ1v) is 5.70. The second-order valence-corrected chi connectivity index (χ2v) is 5.44. The molecule has 6 heteroatoms. The third kappa shape index (κ3) is 2.88. The van der Waals surface area contributed by atoms with E-state index in [2.05, 4.69) is 15.5 Å². The highest BCUT2D eigenvalue weighted by molar-refractivity contribution is 6.05. The summed E-state index contributed by atoms with van der Waals surface area (Å²) >= 11 is 0. The van der Waals surface area contributed by atoms with E-state index < -0.39 is 23.2 Å². The number of hydrogen-bond acceptors (Lipinski definition) is 3. The summed E-state index contributed by atoms with van der Waals surface area (Å²) in [4.78, 5) is 23.3. The van der Waals surface area contributed by atoms with Gasteiger partial charge in [-0.25, -0.2) is 0 Å². The van der Waals surface area contributed by atoms with Gasteiger partial charge in [-0.1, -0.05) is 20.8 Å². The van der Waals surface area contributed by atoms with Gasteiger partial charge in [-0.15, -0.1) is 0 Å². The summed E-state index contributed by atoms with van der Waals surface area (Å²) in [5.74, 6) is -2.76. The van der Waals surface area contributed by atoms with Crippen molar-refractivity contribution in [2.75, 3.05) is 5.32 Å². The Morgan fingerprint density at radius 3 is 2.22 bits per heavy atom. The van der Waals surface area contributed by atoms with E-state index in [1.807, 2.05) is 0 Å². The number of rotatable bonds is 3. The van der Waals surface area contributed by atoms with Crippen LogP contribution in [-0.4, -0.2) is 27.2 Å². The van der Waals surface area contributed by atoms with Crippen molar-refractivity contribution >= 4 is 17.6 Å². The second-order valence-electron chi connectivity index (χ2n) is 5.44. The molecule has 0 bridgehead atoms. The highest BCUT2D eigenvalue weighted by atomic mass is 16.4. The fraction of sp³-hybridized carbons (Fsp3) is 0.583. The number of nitrogens with zero attached hydrogens (tertiary/aromatic N) is 1. The SMILES string of the molecule is Cc1n[nH]c(C)c1NC(=O)C(C(=O)O)C(C)(C)C. The third-order valence-corrected chi connectivity index (χ3v) is 2.75. The first kappa shape index (κ1) is 14.2. The molecular weight excluding hydrogens is 234 g/mol. The van der Waals surface area contributed by atoms with Crippen molar-refractivity contribution < 1.29 is 14.7 Å². The van der Waals surface area contributed by atoms with Crippen molar-refractivity contribution in [3.63, 3.8) is 0 Å². The molecule has 1 atom stereocenters. The average Bonchev–Trinajstić information content (AvgIpc) is 2.46. The Labute approximate surface area is 106 Å². The number of aromatic amines is 1. The highest BCUT2D eigenvalue weighted by Gasteiger charge is 2.38. The maximum Gasteiger partial charge on any atom is 0.316 e. The van der Waals surface area contributed by atoms with Crippen LogP contribution in [0.1, 0.15) is 32.2 Å². The molecule has 1 aromatic rings. The summed E-state index contributed by atoms with van der Waals surface area (Å²) in [6, 6.07) is 0. The first-order chi connectivity index (χ1) is 8.14. The first-order valence-electron chi connectivity index (χ1n) is 5.70. The molecule has 18 heavy (non-hydrogen) atoms. The second kappa shape index (κ2) is 4.80. The summed E-state index contributed by atoms with van der Waals surface area (Å²) in [5.41, 5.74) is 1.25. The molecular formula is C12H19N3O3. The molecule has 3 N–H and O–H groups in total. The molecule has 0 saturated heterocycles. The van der Waals surface area contributed by atoms with Crippen LogP contribution in [0, 0.1) is 25.2 Å². The lowest BCUT2D eigenvalue weighted by Gasteiger charge is -2.25. The standard InChI is InChI=1S/C12H19N3O3/c1-6-9(7(2)15-14-6)13-10(16)8(11(17)18)12(3,4)5/h8H,1-5H3,(H,13,16)(H,14,15)(H,17,18). The molecule has 0 aromatic carbocycles. The van der Waals surface area contributed by atoms with Gasteiger partial charge in [0.15, 0.2) is 0 Å². The number of aliphatic carboxylic acids is 1. The predicted molar refractivity (Wildman–Crippen MR) is 67.3 cm³/mol. The van der Waals surface area contributed by atoms with Crippen LogP contribution in [0.2, 0.25) is 0 Å². The summed E-state index contributed by atoms with van der Waals surface area (Å²) in [5, 5.41) is 18.5. The maximum atomic E-state index is 12.1. The smallest absolute Gasteiger partial charge is 0.316 e. The van der Waals surface area contributed by atoms with Gasteiger partial charge in [0.1, 0.15) is 5.92 Å². The fourth-order valence-corrected chi connectivity index (χ4v) is 1.81. The van der Waals surface area contributed by atoms with E-state index in [1.54, 1.807) is 34.6 Å². The number of carbonyl (C=O) groups excluding carboxylic acids is 1. The molecule has 1 rings (SSSR count). The summed E-state index contributed by atoms with van der Waals surface area (Å²) in [6.07, 6.45) is 0. The highest BCUT2D eigenvalue weighted by Crippen LogP contribution is 2.28. The fourth-order valence-electron chi connectivity index (χ4n) is 1.81. The summed E-state index contributed by atoms with van der Waals surface area (Å²) < 4.78 is 0. The van der Waals surface area contributed by atoms with Gasteiger partial charge in [-0.2, -0.15) is 5.10 Å².